The smallest absolute Gasteiger partial charge is 0.142 e. The molecule has 4 heteroatoms. The summed E-state index contributed by atoms with van der Waals surface area (Å²) in [6, 6.07) is 8.02. The third-order valence-corrected chi connectivity index (χ3v) is 2.84. The van der Waals surface area contributed by atoms with E-state index in [1.807, 2.05) is 31.2 Å². The van der Waals surface area contributed by atoms with Gasteiger partial charge in [0.25, 0.3) is 0 Å². The Bertz CT molecular complexity index is 494. The third-order valence-electron chi connectivity index (χ3n) is 2.32. The molecular formula is C12H12BrN3. The molecule has 3 nitrogen and oxygen atoms in total. The van der Waals surface area contributed by atoms with Crippen molar-refractivity contribution in [3.63, 3.8) is 0 Å². The second kappa shape index (κ2) is 4.61. The van der Waals surface area contributed by atoms with Crippen LogP contribution in [0.15, 0.2) is 34.9 Å². The molecule has 2 N–H and O–H groups in total. The largest absolute Gasteiger partial charge is 0.382 e. The van der Waals surface area contributed by atoms with Crippen molar-refractivity contribution in [2.45, 2.75) is 13.3 Å². The van der Waals surface area contributed by atoms with E-state index in [4.69, 9.17) is 5.73 Å². The summed E-state index contributed by atoms with van der Waals surface area (Å²) in [5.74, 6) is 0.470. The van der Waals surface area contributed by atoms with Crippen LogP contribution in [0.25, 0.3) is 11.3 Å². The van der Waals surface area contributed by atoms with Gasteiger partial charge in [0.05, 0.1) is 17.6 Å². The summed E-state index contributed by atoms with van der Waals surface area (Å²) >= 11 is 3.41. The van der Waals surface area contributed by atoms with Crippen molar-refractivity contribution >= 4 is 21.7 Å². The Kier molecular flexibility index (Phi) is 3.19. The van der Waals surface area contributed by atoms with E-state index in [-0.39, 0.29) is 0 Å². The lowest BCUT2D eigenvalue weighted by molar-refractivity contribution is 1.01. The summed E-state index contributed by atoms with van der Waals surface area (Å²) in [5, 5.41) is 0. The van der Waals surface area contributed by atoms with Crippen LogP contribution in [0, 0.1) is 0 Å². The zero-order valence-electron chi connectivity index (χ0n) is 8.94. The number of nitrogens with zero attached hydrogens (tertiary/aromatic N) is 2. The average Bonchev–Trinajstić information content (AvgIpc) is 2.30. The van der Waals surface area contributed by atoms with E-state index in [0.717, 1.165) is 27.8 Å². The van der Waals surface area contributed by atoms with Crippen LogP contribution in [0.3, 0.4) is 0 Å². The predicted molar refractivity (Wildman–Crippen MR) is 69.0 cm³/mol. The summed E-state index contributed by atoms with van der Waals surface area (Å²) < 4.78 is 1.05. The Hall–Kier alpha value is -1.42. The van der Waals surface area contributed by atoms with Crippen LogP contribution in [0.2, 0.25) is 0 Å². The van der Waals surface area contributed by atoms with Crippen molar-refractivity contribution in [2.24, 2.45) is 0 Å². The third kappa shape index (κ3) is 2.22. The van der Waals surface area contributed by atoms with Crippen molar-refractivity contribution in [1.29, 1.82) is 0 Å². The number of aromatic nitrogens is 2. The van der Waals surface area contributed by atoms with E-state index in [2.05, 4.69) is 25.9 Å². The Balaban J connectivity index is 2.51. The number of aryl methyl sites for hydroxylation is 1. The highest BCUT2D eigenvalue weighted by molar-refractivity contribution is 9.10. The molecule has 0 aliphatic heterocycles. The van der Waals surface area contributed by atoms with E-state index in [9.17, 15) is 0 Å². The van der Waals surface area contributed by atoms with E-state index < -0.39 is 0 Å². The van der Waals surface area contributed by atoms with Gasteiger partial charge in [0.2, 0.25) is 0 Å². The number of hydrogen-bond acceptors (Lipinski definition) is 3. The molecule has 0 amide bonds. The Morgan fingerprint density at radius 3 is 2.56 bits per heavy atom. The molecule has 0 saturated heterocycles. The predicted octanol–water partition coefficient (Wildman–Crippen LogP) is 3.05. The number of nitrogens with two attached hydrogens (primary N) is 1. The number of nitrogen functional groups attached to an aromatic ring is 1. The molecule has 0 aliphatic rings. The standard InChI is InChI=1S/C12H12BrN3/c1-2-10-12(15-7-11(14)16-10)8-3-5-9(13)6-4-8/h3-7H,2H2,1H3,(H2,14,16). The molecule has 1 heterocycles. The zero-order valence-corrected chi connectivity index (χ0v) is 10.5. The molecule has 0 bridgehead atoms. The molecule has 0 unspecified atom stereocenters. The van der Waals surface area contributed by atoms with Gasteiger partial charge in [-0.2, -0.15) is 0 Å². The first-order valence-electron chi connectivity index (χ1n) is 5.08. The molecule has 0 atom stereocenters. The highest BCUT2D eigenvalue weighted by atomic mass is 79.9. The lowest BCUT2D eigenvalue weighted by atomic mass is 10.1. The van der Waals surface area contributed by atoms with Crippen LogP contribution in [0.4, 0.5) is 5.82 Å². The van der Waals surface area contributed by atoms with Gasteiger partial charge in [0.15, 0.2) is 0 Å². The second-order valence-corrected chi connectivity index (χ2v) is 4.37. The minimum absolute atomic E-state index is 0.470. The monoisotopic (exact) mass is 277 g/mol. The molecular weight excluding hydrogens is 266 g/mol. The van der Waals surface area contributed by atoms with Crippen molar-refractivity contribution in [2.75, 3.05) is 5.73 Å². The summed E-state index contributed by atoms with van der Waals surface area (Å²) in [5.41, 5.74) is 8.53. The molecule has 0 aliphatic carbocycles. The molecule has 1 aromatic heterocycles. The van der Waals surface area contributed by atoms with Gasteiger partial charge in [0, 0.05) is 10.0 Å². The molecule has 0 fully saturated rings. The lowest BCUT2D eigenvalue weighted by Crippen LogP contribution is -2.00. The quantitative estimate of drug-likeness (QED) is 0.918. The lowest BCUT2D eigenvalue weighted by Gasteiger charge is -2.06. The van der Waals surface area contributed by atoms with Gasteiger partial charge in [-0.25, -0.2) is 4.98 Å². The van der Waals surface area contributed by atoms with E-state index >= 15 is 0 Å². The zero-order chi connectivity index (χ0) is 11.5. The number of benzene rings is 1. The first-order chi connectivity index (χ1) is 7.70. The molecule has 0 spiro atoms. The molecule has 82 valence electrons. The van der Waals surface area contributed by atoms with Crippen molar-refractivity contribution in [1.82, 2.24) is 9.97 Å². The maximum atomic E-state index is 5.62. The van der Waals surface area contributed by atoms with Crippen LogP contribution in [0.5, 0.6) is 0 Å². The Morgan fingerprint density at radius 2 is 1.94 bits per heavy atom. The van der Waals surface area contributed by atoms with Gasteiger partial charge in [0.1, 0.15) is 5.82 Å². The summed E-state index contributed by atoms with van der Waals surface area (Å²) in [6.07, 6.45) is 2.42. The minimum Gasteiger partial charge on any atom is -0.382 e. The first kappa shape index (κ1) is 11.1. The first-order valence-corrected chi connectivity index (χ1v) is 5.87. The normalized spacial score (nSPS) is 10.4. The topological polar surface area (TPSA) is 51.8 Å². The van der Waals surface area contributed by atoms with Crippen LogP contribution in [-0.2, 0) is 6.42 Å². The van der Waals surface area contributed by atoms with E-state index in [1.165, 1.54) is 0 Å². The number of rotatable bonds is 2. The molecule has 16 heavy (non-hydrogen) atoms. The van der Waals surface area contributed by atoms with Crippen LogP contribution in [-0.4, -0.2) is 9.97 Å². The summed E-state index contributed by atoms with van der Waals surface area (Å²) in [7, 11) is 0. The van der Waals surface area contributed by atoms with Gasteiger partial charge >= 0.3 is 0 Å². The van der Waals surface area contributed by atoms with Gasteiger partial charge in [-0.1, -0.05) is 35.0 Å². The fourth-order valence-electron chi connectivity index (χ4n) is 1.54. The summed E-state index contributed by atoms with van der Waals surface area (Å²) in [4.78, 5) is 8.64. The van der Waals surface area contributed by atoms with Gasteiger partial charge in [-0.15, -0.1) is 0 Å². The molecule has 1 aromatic carbocycles. The molecule has 2 rings (SSSR count). The van der Waals surface area contributed by atoms with Crippen LogP contribution >= 0.6 is 15.9 Å². The van der Waals surface area contributed by atoms with Gasteiger partial charge < -0.3 is 5.73 Å². The number of hydrogen-bond donors (Lipinski definition) is 1. The van der Waals surface area contributed by atoms with Gasteiger partial charge in [-0.3, -0.25) is 4.98 Å². The average molecular weight is 278 g/mol. The van der Waals surface area contributed by atoms with E-state index in [0.29, 0.717) is 5.82 Å². The SMILES string of the molecule is CCc1nc(N)cnc1-c1ccc(Br)cc1. The number of anilines is 1. The fraction of sp³-hybridized carbons (Fsp3) is 0.167. The highest BCUT2D eigenvalue weighted by Crippen LogP contribution is 2.23. The van der Waals surface area contributed by atoms with E-state index in [1.54, 1.807) is 6.20 Å². The molecule has 2 aromatic rings. The van der Waals surface area contributed by atoms with Crippen molar-refractivity contribution < 1.29 is 0 Å². The van der Waals surface area contributed by atoms with Crippen LogP contribution in [0.1, 0.15) is 12.6 Å². The second-order valence-electron chi connectivity index (χ2n) is 3.45. The van der Waals surface area contributed by atoms with Crippen molar-refractivity contribution in [3.8, 4) is 11.3 Å². The minimum atomic E-state index is 0.470. The Labute approximate surface area is 103 Å². The molecule has 0 saturated carbocycles. The highest BCUT2D eigenvalue weighted by Gasteiger charge is 2.07. The maximum Gasteiger partial charge on any atom is 0.142 e. The molecule has 0 radical (unpaired) electrons. The maximum absolute atomic E-state index is 5.62. The van der Waals surface area contributed by atoms with Gasteiger partial charge in [-0.05, 0) is 18.6 Å². The number of halogens is 1. The Morgan fingerprint density at radius 1 is 1.25 bits per heavy atom. The van der Waals surface area contributed by atoms with Crippen LogP contribution < -0.4 is 5.73 Å². The summed E-state index contributed by atoms with van der Waals surface area (Å²) in [6.45, 7) is 2.05. The van der Waals surface area contributed by atoms with Crippen molar-refractivity contribution in [3.05, 3.63) is 40.6 Å². The fourth-order valence-corrected chi connectivity index (χ4v) is 1.80.